The molecule has 1 amide bonds. The van der Waals surface area contributed by atoms with Gasteiger partial charge in [0.1, 0.15) is 6.17 Å². The Balaban J connectivity index is 2.14. The number of rotatable bonds is 4. The van der Waals surface area contributed by atoms with Crippen LogP contribution in [0.3, 0.4) is 0 Å². The number of amides is 1. The van der Waals surface area contributed by atoms with E-state index in [4.69, 9.17) is 34.8 Å². The molecular formula is C14H13Cl3N2OS. The first kappa shape index (κ1) is 16.4. The van der Waals surface area contributed by atoms with E-state index in [2.05, 4.69) is 10.6 Å². The first-order valence-electron chi connectivity index (χ1n) is 6.10. The molecule has 3 nitrogen and oxygen atoms in total. The summed E-state index contributed by atoms with van der Waals surface area (Å²) in [5.41, 5.74) is 1.82. The lowest BCUT2D eigenvalue weighted by Gasteiger charge is -2.27. The quantitative estimate of drug-likeness (QED) is 0.616. The van der Waals surface area contributed by atoms with Gasteiger partial charge in [0.25, 0.3) is 5.91 Å². The predicted molar refractivity (Wildman–Crippen MR) is 90.7 cm³/mol. The zero-order chi connectivity index (χ0) is 15.5. The Morgan fingerprint density at radius 1 is 1.24 bits per heavy atom. The molecule has 0 spiro atoms. The Kier molecular flexibility index (Phi) is 5.38. The number of anilines is 1. The van der Waals surface area contributed by atoms with Crippen molar-refractivity contribution < 1.29 is 4.79 Å². The molecule has 7 heteroatoms. The third-order valence-electron chi connectivity index (χ3n) is 2.68. The van der Waals surface area contributed by atoms with Crippen LogP contribution in [0.1, 0.15) is 15.2 Å². The molecule has 2 aromatic rings. The van der Waals surface area contributed by atoms with Gasteiger partial charge in [-0.2, -0.15) is 0 Å². The Labute approximate surface area is 142 Å². The molecule has 2 N–H and O–H groups in total. The van der Waals surface area contributed by atoms with Crippen molar-refractivity contribution in [2.45, 2.75) is 16.9 Å². The molecule has 0 bridgehead atoms. The molecule has 1 aromatic carbocycles. The average Bonchev–Trinajstić information content (AvgIpc) is 2.90. The normalized spacial score (nSPS) is 12.8. The number of halogens is 3. The van der Waals surface area contributed by atoms with Gasteiger partial charge in [-0.15, -0.1) is 11.3 Å². The van der Waals surface area contributed by atoms with Crippen molar-refractivity contribution in [3.63, 3.8) is 0 Å². The van der Waals surface area contributed by atoms with Gasteiger partial charge in [0.15, 0.2) is 0 Å². The van der Waals surface area contributed by atoms with Crippen LogP contribution < -0.4 is 10.6 Å². The van der Waals surface area contributed by atoms with E-state index in [1.807, 2.05) is 36.6 Å². The van der Waals surface area contributed by atoms with Gasteiger partial charge in [0.2, 0.25) is 3.79 Å². The van der Waals surface area contributed by atoms with E-state index in [1.165, 1.54) is 11.3 Å². The molecule has 0 radical (unpaired) electrons. The number of carbonyl (C=O) groups is 1. The summed E-state index contributed by atoms with van der Waals surface area (Å²) >= 11 is 19.2. The molecule has 21 heavy (non-hydrogen) atoms. The first-order chi connectivity index (χ1) is 9.86. The molecule has 0 aliphatic carbocycles. The molecule has 0 aliphatic rings. The van der Waals surface area contributed by atoms with Crippen molar-refractivity contribution >= 4 is 57.7 Å². The number of aryl methyl sites for hydroxylation is 1. The van der Waals surface area contributed by atoms with Gasteiger partial charge < -0.3 is 10.6 Å². The molecular weight excluding hydrogens is 351 g/mol. The van der Waals surface area contributed by atoms with Crippen LogP contribution in [0.5, 0.6) is 0 Å². The fourth-order valence-electron chi connectivity index (χ4n) is 1.71. The van der Waals surface area contributed by atoms with Gasteiger partial charge >= 0.3 is 0 Å². The zero-order valence-corrected chi connectivity index (χ0v) is 14.2. The monoisotopic (exact) mass is 362 g/mol. The van der Waals surface area contributed by atoms with Crippen LogP contribution >= 0.6 is 46.1 Å². The molecule has 1 heterocycles. The predicted octanol–water partition coefficient (Wildman–Crippen LogP) is 4.59. The number of carbonyl (C=O) groups excluding carboxylic acids is 1. The minimum Gasteiger partial charge on any atom is -0.362 e. The number of benzene rings is 1. The molecule has 2 rings (SSSR count). The number of thiophene rings is 1. The van der Waals surface area contributed by atoms with E-state index in [-0.39, 0.29) is 5.91 Å². The van der Waals surface area contributed by atoms with Crippen LogP contribution in [0.25, 0.3) is 0 Å². The summed E-state index contributed by atoms with van der Waals surface area (Å²) in [6, 6.07) is 11.1. The number of hydrogen-bond acceptors (Lipinski definition) is 3. The maximum atomic E-state index is 12.1. The van der Waals surface area contributed by atoms with Gasteiger partial charge in [-0.05, 0) is 36.1 Å². The Morgan fingerprint density at radius 2 is 2.00 bits per heavy atom. The fraction of sp³-hybridized carbons (Fsp3) is 0.214. The van der Waals surface area contributed by atoms with Crippen molar-refractivity contribution in [1.29, 1.82) is 0 Å². The van der Waals surface area contributed by atoms with E-state index in [0.717, 1.165) is 11.3 Å². The third-order valence-corrected chi connectivity index (χ3v) is 4.20. The van der Waals surface area contributed by atoms with E-state index < -0.39 is 9.96 Å². The smallest absolute Gasteiger partial charge is 0.263 e. The Morgan fingerprint density at radius 3 is 2.57 bits per heavy atom. The summed E-state index contributed by atoms with van der Waals surface area (Å²) in [5, 5.41) is 7.53. The molecule has 1 atom stereocenters. The second-order valence-corrected chi connectivity index (χ2v) is 7.76. The van der Waals surface area contributed by atoms with Gasteiger partial charge in [-0.3, -0.25) is 4.79 Å². The molecule has 0 fully saturated rings. The van der Waals surface area contributed by atoms with Gasteiger partial charge in [0.05, 0.1) is 4.88 Å². The highest BCUT2D eigenvalue weighted by Crippen LogP contribution is 2.31. The van der Waals surface area contributed by atoms with Crippen molar-refractivity contribution in [2.24, 2.45) is 0 Å². The van der Waals surface area contributed by atoms with E-state index in [9.17, 15) is 4.79 Å². The molecule has 0 aliphatic heterocycles. The highest BCUT2D eigenvalue weighted by Gasteiger charge is 2.34. The summed E-state index contributed by atoms with van der Waals surface area (Å²) in [6.45, 7) is 1.96. The minimum atomic E-state index is -1.68. The molecule has 0 unspecified atom stereocenters. The van der Waals surface area contributed by atoms with Crippen LogP contribution in [0.2, 0.25) is 0 Å². The second-order valence-electron chi connectivity index (χ2n) is 4.44. The van der Waals surface area contributed by atoms with Gasteiger partial charge in [0, 0.05) is 5.69 Å². The molecule has 0 saturated carbocycles. The highest BCUT2D eigenvalue weighted by atomic mass is 35.6. The maximum absolute atomic E-state index is 12.1. The van der Waals surface area contributed by atoms with Crippen LogP contribution in [0, 0.1) is 6.92 Å². The average molecular weight is 364 g/mol. The van der Waals surface area contributed by atoms with Gasteiger partial charge in [-0.25, -0.2) is 0 Å². The summed E-state index contributed by atoms with van der Waals surface area (Å²) in [7, 11) is 0. The number of hydrogen-bond donors (Lipinski definition) is 2. The number of nitrogens with one attached hydrogen (secondary N) is 2. The van der Waals surface area contributed by atoms with Crippen LogP contribution in [0.15, 0.2) is 41.8 Å². The van der Waals surface area contributed by atoms with E-state index in [1.54, 1.807) is 12.1 Å². The summed E-state index contributed by atoms with van der Waals surface area (Å²) in [4.78, 5) is 12.7. The standard InChI is InChI=1S/C14H13Cl3N2OS/c1-9-4-2-5-10(8-9)18-13(14(15,16)17)19-12(20)11-6-3-7-21-11/h2-8,13,18H,1H3,(H,19,20)/t13-/m1/s1. The molecule has 112 valence electrons. The van der Waals surface area contributed by atoms with E-state index >= 15 is 0 Å². The van der Waals surface area contributed by atoms with Crippen LogP contribution in [-0.2, 0) is 0 Å². The van der Waals surface area contributed by atoms with E-state index in [0.29, 0.717) is 4.88 Å². The van der Waals surface area contributed by atoms with Crippen molar-refractivity contribution in [2.75, 3.05) is 5.32 Å². The topological polar surface area (TPSA) is 41.1 Å². The first-order valence-corrected chi connectivity index (χ1v) is 8.12. The summed E-state index contributed by atoms with van der Waals surface area (Å²) < 4.78 is -1.68. The minimum absolute atomic E-state index is 0.290. The molecule has 0 saturated heterocycles. The molecule has 1 aromatic heterocycles. The summed E-state index contributed by atoms with van der Waals surface area (Å²) in [5.74, 6) is -0.290. The third kappa shape index (κ3) is 4.78. The lowest BCUT2D eigenvalue weighted by Crippen LogP contribution is -2.49. The highest BCUT2D eigenvalue weighted by molar-refractivity contribution is 7.12. The lowest BCUT2D eigenvalue weighted by atomic mass is 10.2. The SMILES string of the molecule is Cc1cccc(N[C@H](NC(=O)c2cccs2)C(Cl)(Cl)Cl)c1. The van der Waals surface area contributed by atoms with Crippen molar-refractivity contribution in [1.82, 2.24) is 5.32 Å². The maximum Gasteiger partial charge on any atom is 0.263 e. The summed E-state index contributed by atoms with van der Waals surface area (Å²) in [6.07, 6.45) is -0.848. The lowest BCUT2D eigenvalue weighted by molar-refractivity contribution is 0.0946. The van der Waals surface area contributed by atoms with Crippen molar-refractivity contribution in [3.8, 4) is 0 Å². The largest absolute Gasteiger partial charge is 0.362 e. The van der Waals surface area contributed by atoms with Crippen LogP contribution in [-0.4, -0.2) is 15.9 Å². The van der Waals surface area contributed by atoms with Crippen LogP contribution in [0.4, 0.5) is 5.69 Å². The second kappa shape index (κ2) is 6.88. The zero-order valence-electron chi connectivity index (χ0n) is 11.1. The Bertz CT molecular complexity index is 611. The van der Waals surface area contributed by atoms with Gasteiger partial charge in [-0.1, -0.05) is 53.0 Å². The number of alkyl halides is 3. The Hall–Kier alpha value is -0.940. The van der Waals surface area contributed by atoms with Crippen molar-refractivity contribution in [3.05, 3.63) is 52.2 Å². The fourth-order valence-corrected chi connectivity index (χ4v) is 2.67.